The van der Waals surface area contributed by atoms with Crippen molar-refractivity contribution in [2.24, 2.45) is 10.9 Å². The SMILES string of the molecule is Cc1ncsc1CN(C)c1cccnc1/C(N)=N/O. The summed E-state index contributed by atoms with van der Waals surface area (Å²) in [5, 5.41) is 11.8. The van der Waals surface area contributed by atoms with E-state index in [2.05, 4.69) is 15.1 Å². The van der Waals surface area contributed by atoms with Crippen LogP contribution in [0.4, 0.5) is 5.69 Å². The van der Waals surface area contributed by atoms with Crippen molar-refractivity contribution < 1.29 is 5.21 Å². The maximum atomic E-state index is 8.79. The van der Waals surface area contributed by atoms with E-state index in [9.17, 15) is 0 Å². The van der Waals surface area contributed by atoms with Gasteiger partial charge in [-0.05, 0) is 19.1 Å². The van der Waals surface area contributed by atoms with Gasteiger partial charge in [0.2, 0.25) is 0 Å². The van der Waals surface area contributed by atoms with Crippen LogP contribution in [0.5, 0.6) is 0 Å². The van der Waals surface area contributed by atoms with Gasteiger partial charge in [-0.15, -0.1) is 11.3 Å². The number of thiazole rings is 1. The Labute approximate surface area is 115 Å². The largest absolute Gasteiger partial charge is 0.409 e. The number of pyridine rings is 1. The third kappa shape index (κ3) is 2.82. The van der Waals surface area contributed by atoms with Crippen LogP contribution in [0.15, 0.2) is 29.0 Å². The van der Waals surface area contributed by atoms with Crippen LogP contribution < -0.4 is 10.6 Å². The van der Waals surface area contributed by atoms with Crippen molar-refractivity contribution in [1.29, 1.82) is 0 Å². The molecule has 2 aromatic heterocycles. The fraction of sp³-hybridized carbons (Fsp3) is 0.250. The number of rotatable bonds is 4. The molecule has 0 radical (unpaired) electrons. The standard InChI is InChI=1S/C12H15N5OS/c1-8-10(19-7-15-8)6-17(2)9-4-3-5-14-11(9)12(13)16-18/h3-5,7,18H,6H2,1-2H3,(H2,13,16). The van der Waals surface area contributed by atoms with E-state index >= 15 is 0 Å². The first-order chi connectivity index (χ1) is 9.13. The molecule has 0 saturated carbocycles. The fourth-order valence-electron chi connectivity index (χ4n) is 1.73. The number of hydrogen-bond donors (Lipinski definition) is 2. The lowest BCUT2D eigenvalue weighted by Gasteiger charge is -2.20. The number of nitrogens with zero attached hydrogens (tertiary/aromatic N) is 4. The highest BCUT2D eigenvalue weighted by atomic mass is 32.1. The van der Waals surface area contributed by atoms with E-state index in [1.807, 2.05) is 36.5 Å². The summed E-state index contributed by atoms with van der Waals surface area (Å²) in [4.78, 5) is 11.6. The third-order valence-corrected chi connectivity index (χ3v) is 3.69. The van der Waals surface area contributed by atoms with Gasteiger partial charge in [0.1, 0.15) is 5.69 Å². The number of nitrogens with two attached hydrogens (primary N) is 1. The molecule has 7 heteroatoms. The van der Waals surface area contributed by atoms with E-state index < -0.39 is 0 Å². The monoisotopic (exact) mass is 277 g/mol. The molecular weight excluding hydrogens is 262 g/mol. The van der Waals surface area contributed by atoms with Gasteiger partial charge in [0.05, 0.1) is 23.4 Å². The molecule has 0 aliphatic carbocycles. The molecule has 0 atom stereocenters. The molecule has 0 fully saturated rings. The van der Waals surface area contributed by atoms with Crippen LogP contribution in [0.1, 0.15) is 16.3 Å². The summed E-state index contributed by atoms with van der Waals surface area (Å²) in [6.45, 7) is 2.68. The Bertz CT molecular complexity index is 595. The summed E-state index contributed by atoms with van der Waals surface area (Å²) in [5.74, 6) is 0.00322. The van der Waals surface area contributed by atoms with Crippen molar-refractivity contribution in [2.75, 3.05) is 11.9 Å². The summed E-state index contributed by atoms with van der Waals surface area (Å²) in [6, 6.07) is 3.70. The Hall–Kier alpha value is -2.15. The third-order valence-electron chi connectivity index (χ3n) is 2.77. The second-order valence-electron chi connectivity index (χ2n) is 4.07. The van der Waals surface area contributed by atoms with Crippen LogP contribution in [-0.2, 0) is 6.54 Å². The predicted molar refractivity (Wildman–Crippen MR) is 75.7 cm³/mol. The van der Waals surface area contributed by atoms with Gasteiger partial charge in [0, 0.05) is 18.1 Å². The average Bonchev–Trinajstić information content (AvgIpc) is 2.83. The number of amidine groups is 1. The highest BCUT2D eigenvalue weighted by Crippen LogP contribution is 2.21. The van der Waals surface area contributed by atoms with Gasteiger partial charge < -0.3 is 15.8 Å². The van der Waals surface area contributed by atoms with Crippen molar-refractivity contribution in [3.63, 3.8) is 0 Å². The van der Waals surface area contributed by atoms with E-state index in [0.717, 1.165) is 11.4 Å². The van der Waals surface area contributed by atoms with E-state index in [1.54, 1.807) is 17.5 Å². The van der Waals surface area contributed by atoms with Crippen molar-refractivity contribution in [2.45, 2.75) is 13.5 Å². The van der Waals surface area contributed by atoms with Crippen LogP contribution in [0.2, 0.25) is 0 Å². The molecule has 2 aromatic rings. The van der Waals surface area contributed by atoms with Crippen LogP contribution in [0.25, 0.3) is 0 Å². The lowest BCUT2D eigenvalue weighted by molar-refractivity contribution is 0.318. The first-order valence-electron chi connectivity index (χ1n) is 5.66. The highest BCUT2D eigenvalue weighted by Gasteiger charge is 2.13. The molecule has 2 heterocycles. The molecule has 0 saturated heterocycles. The smallest absolute Gasteiger partial charge is 0.190 e. The topological polar surface area (TPSA) is 87.6 Å². The molecule has 19 heavy (non-hydrogen) atoms. The summed E-state index contributed by atoms with van der Waals surface area (Å²) in [5.41, 5.74) is 9.76. The predicted octanol–water partition coefficient (Wildman–Crippen LogP) is 1.58. The molecule has 3 N–H and O–H groups in total. The van der Waals surface area contributed by atoms with E-state index in [0.29, 0.717) is 12.2 Å². The summed E-state index contributed by atoms with van der Waals surface area (Å²) < 4.78 is 0. The zero-order valence-corrected chi connectivity index (χ0v) is 11.6. The van der Waals surface area contributed by atoms with Crippen molar-refractivity contribution in [1.82, 2.24) is 9.97 Å². The second-order valence-corrected chi connectivity index (χ2v) is 5.01. The number of anilines is 1. The first kappa shape index (κ1) is 13.3. The molecule has 0 aliphatic rings. The van der Waals surface area contributed by atoms with Gasteiger partial charge >= 0.3 is 0 Å². The molecule has 0 bridgehead atoms. The van der Waals surface area contributed by atoms with Crippen LogP contribution in [0.3, 0.4) is 0 Å². The fourth-order valence-corrected chi connectivity index (χ4v) is 2.56. The molecular formula is C12H15N5OS. The van der Waals surface area contributed by atoms with Crippen molar-refractivity contribution in [3.05, 3.63) is 40.1 Å². The minimum absolute atomic E-state index is 0.00322. The van der Waals surface area contributed by atoms with Gasteiger partial charge in [-0.1, -0.05) is 5.16 Å². The minimum Gasteiger partial charge on any atom is -0.409 e. The second kappa shape index (κ2) is 5.66. The summed E-state index contributed by atoms with van der Waals surface area (Å²) in [7, 11) is 1.93. The van der Waals surface area contributed by atoms with Crippen molar-refractivity contribution >= 4 is 22.9 Å². The van der Waals surface area contributed by atoms with Crippen molar-refractivity contribution in [3.8, 4) is 0 Å². The van der Waals surface area contributed by atoms with Gasteiger partial charge in [0.25, 0.3) is 0 Å². The molecule has 0 spiro atoms. The van der Waals surface area contributed by atoms with Crippen LogP contribution in [-0.4, -0.2) is 28.1 Å². The Morgan fingerprint density at radius 3 is 2.95 bits per heavy atom. The van der Waals surface area contributed by atoms with Gasteiger partial charge in [0.15, 0.2) is 5.84 Å². The summed E-state index contributed by atoms with van der Waals surface area (Å²) >= 11 is 1.61. The molecule has 0 aliphatic heterocycles. The Morgan fingerprint density at radius 2 is 2.32 bits per heavy atom. The van der Waals surface area contributed by atoms with E-state index in [-0.39, 0.29) is 5.84 Å². The van der Waals surface area contributed by atoms with Gasteiger partial charge in [-0.2, -0.15) is 0 Å². The lowest BCUT2D eigenvalue weighted by atomic mass is 10.2. The lowest BCUT2D eigenvalue weighted by Crippen LogP contribution is -2.23. The minimum atomic E-state index is 0.00322. The Balaban J connectivity index is 2.29. The maximum absolute atomic E-state index is 8.79. The van der Waals surface area contributed by atoms with Gasteiger partial charge in [-0.25, -0.2) is 4.98 Å². The Kier molecular flexibility index (Phi) is 3.96. The zero-order chi connectivity index (χ0) is 13.8. The number of oxime groups is 1. The summed E-state index contributed by atoms with van der Waals surface area (Å²) in [6.07, 6.45) is 1.61. The number of aryl methyl sites for hydroxylation is 1. The van der Waals surface area contributed by atoms with E-state index in [1.165, 1.54) is 4.88 Å². The molecule has 0 amide bonds. The van der Waals surface area contributed by atoms with Crippen LogP contribution in [0, 0.1) is 6.92 Å². The first-order valence-corrected chi connectivity index (χ1v) is 6.54. The molecule has 2 rings (SSSR count). The highest BCUT2D eigenvalue weighted by molar-refractivity contribution is 7.09. The van der Waals surface area contributed by atoms with Gasteiger partial charge in [-0.3, -0.25) is 4.98 Å². The normalized spacial score (nSPS) is 11.6. The van der Waals surface area contributed by atoms with E-state index in [4.69, 9.17) is 10.9 Å². The Morgan fingerprint density at radius 1 is 1.53 bits per heavy atom. The quantitative estimate of drug-likeness (QED) is 0.383. The average molecular weight is 277 g/mol. The number of hydrogen-bond acceptors (Lipinski definition) is 6. The molecule has 0 unspecified atom stereocenters. The molecule has 6 nitrogen and oxygen atoms in total. The number of aromatic nitrogens is 2. The van der Waals surface area contributed by atoms with Crippen LogP contribution >= 0.6 is 11.3 Å². The zero-order valence-electron chi connectivity index (χ0n) is 10.7. The maximum Gasteiger partial charge on any atom is 0.190 e. The molecule has 100 valence electrons. The molecule has 0 aromatic carbocycles.